The van der Waals surface area contributed by atoms with Crippen molar-refractivity contribution in [1.29, 1.82) is 5.26 Å². The average molecular weight is 849 g/mol. The highest BCUT2D eigenvalue weighted by Crippen LogP contribution is 2.35. The Hall–Kier alpha value is -5.32. The summed E-state index contributed by atoms with van der Waals surface area (Å²) in [7, 11) is -2.16. The summed E-state index contributed by atoms with van der Waals surface area (Å²) in [6, 6.07) is 12.0. The molecule has 60 heavy (non-hydrogen) atoms. The number of imidazole rings is 1. The maximum atomic E-state index is 13.8. The fourth-order valence-corrected chi connectivity index (χ4v) is 10.7. The fourth-order valence-electron chi connectivity index (χ4n) is 9.18. The van der Waals surface area contributed by atoms with Gasteiger partial charge in [-0.2, -0.15) is 22.7 Å². The summed E-state index contributed by atoms with van der Waals surface area (Å²) in [5.74, 6) is 0.0718. The van der Waals surface area contributed by atoms with Crippen LogP contribution in [0.15, 0.2) is 58.5 Å². The molecule has 2 amide bonds. The van der Waals surface area contributed by atoms with Gasteiger partial charge in [-0.05, 0) is 106 Å². The Bertz CT molecular complexity index is 2480. The van der Waals surface area contributed by atoms with Crippen LogP contribution in [0.2, 0.25) is 0 Å². The molecule has 2 N–H and O–H groups in total. The monoisotopic (exact) mass is 848 g/mol. The van der Waals surface area contributed by atoms with Crippen molar-refractivity contribution in [3.63, 3.8) is 0 Å². The first-order chi connectivity index (χ1) is 28.7. The number of piperidine rings is 4. The minimum absolute atomic E-state index is 0.0535. The number of anilines is 2. The third kappa shape index (κ3) is 8.37. The number of aryl methyl sites for hydroxylation is 1. The van der Waals surface area contributed by atoms with Gasteiger partial charge in [0.1, 0.15) is 12.1 Å². The number of fused-ring (bicyclic) bond motifs is 1. The standard InChI is InChI=1S/C41H47F3N10O5S/c1-50-36-20-28(3-5-33(36)54(40(50)57)34-6-7-37(55)49-38(34)56)27-10-14-51(15-11-27)25-26-8-16-52(17-9-26)35-21-32(4-2-29(35)22-45)60(58,59)53-18-12-31(13-19-53)48-39-46-23-30(24-47-39)41(42,43)44/h2-5,20-21,23-24,26-27,31,34H,6-19,25H2,1H3,(H,46,47,48)(H,49,55,56). The molecule has 6 heterocycles. The molecule has 0 aliphatic carbocycles. The molecular formula is C41H47F3N10O5S. The Morgan fingerprint density at radius 1 is 0.883 bits per heavy atom. The van der Waals surface area contributed by atoms with Gasteiger partial charge in [0.05, 0.1) is 32.7 Å². The molecule has 0 spiro atoms. The van der Waals surface area contributed by atoms with E-state index in [2.05, 4.69) is 48.6 Å². The smallest absolute Gasteiger partial charge is 0.370 e. The third-order valence-corrected chi connectivity index (χ3v) is 14.6. The molecule has 1 atom stereocenters. The number of halogens is 3. The van der Waals surface area contributed by atoms with Gasteiger partial charge in [-0.3, -0.25) is 24.0 Å². The minimum atomic E-state index is -4.54. The Kier molecular flexibility index (Phi) is 11.5. The second-order valence-electron chi connectivity index (χ2n) is 16.3. The number of carbonyl (C=O) groups is 2. The molecule has 0 saturated carbocycles. The number of nitrogens with one attached hydrogen (secondary N) is 2. The SMILES string of the molecule is Cn1c(=O)n(C2CCC(=O)NC2=O)c2ccc(C3CCN(CC4CCN(c5cc(S(=O)(=O)N6CCC(Nc7ncc(C(F)(F)F)cn7)CC6)ccc5C#N)CC4)CC3)cc21. The van der Waals surface area contributed by atoms with Gasteiger partial charge in [-0.15, -0.1) is 0 Å². The van der Waals surface area contributed by atoms with Crippen molar-refractivity contribution < 1.29 is 31.2 Å². The Labute approximate surface area is 345 Å². The highest BCUT2D eigenvalue weighted by atomic mass is 32.2. The van der Waals surface area contributed by atoms with E-state index in [1.807, 2.05) is 6.07 Å². The lowest BCUT2D eigenvalue weighted by Gasteiger charge is -2.39. The second-order valence-corrected chi connectivity index (χ2v) is 18.3. The number of sulfonamides is 1. The number of rotatable bonds is 9. The summed E-state index contributed by atoms with van der Waals surface area (Å²) in [6.07, 6.45) is 1.97. The van der Waals surface area contributed by atoms with E-state index >= 15 is 0 Å². The lowest BCUT2D eigenvalue weighted by Crippen LogP contribution is -2.44. The number of imide groups is 1. The van der Waals surface area contributed by atoms with Crippen LogP contribution in [0.3, 0.4) is 0 Å². The normalized spacial score (nSPS) is 21.0. The van der Waals surface area contributed by atoms with Gasteiger partial charge in [0.25, 0.3) is 0 Å². The van der Waals surface area contributed by atoms with E-state index in [0.29, 0.717) is 61.0 Å². The number of hydrogen-bond donors (Lipinski definition) is 2. The molecule has 4 aromatic rings. The maximum absolute atomic E-state index is 13.8. The van der Waals surface area contributed by atoms with E-state index in [4.69, 9.17) is 0 Å². The minimum Gasteiger partial charge on any atom is -0.370 e. The van der Waals surface area contributed by atoms with Crippen molar-refractivity contribution in [1.82, 2.24) is 33.6 Å². The molecule has 19 heteroatoms. The van der Waals surface area contributed by atoms with Gasteiger partial charge in [0.15, 0.2) is 0 Å². The number of hydrogen-bond acceptors (Lipinski definition) is 11. The quantitative estimate of drug-likeness (QED) is 0.229. The molecule has 318 valence electrons. The van der Waals surface area contributed by atoms with Crippen LogP contribution in [0.5, 0.6) is 0 Å². The van der Waals surface area contributed by atoms with Crippen LogP contribution < -0.4 is 21.2 Å². The molecule has 2 aromatic carbocycles. The van der Waals surface area contributed by atoms with Crippen LogP contribution in [0, 0.1) is 17.2 Å². The molecule has 4 fully saturated rings. The fraction of sp³-hybridized carbons (Fsp3) is 0.512. The van der Waals surface area contributed by atoms with Crippen molar-refractivity contribution in [3.05, 3.63) is 76.0 Å². The zero-order valence-corrected chi connectivity index (χ0v) is 34.0. The van der Waals surface area contributed by atoms with E-state index in [0.717, 1.165) is 68.8 Å². The van der Waals surface area contributed by atoms with Crippen molar-refractivity contribution >= 4 is 44.5 Å². The van der Waals surface area contributed by atoms with Crippen molar-refractivity contribution in [2.24, 2.45) is 13.0 Å². The largest absolute Gasteiger partial charge is 0.419 e. The van der Waals surface area contributed by atoms with Gasteiger partial charge in [0.2, 0.25) is 27.8 Å². The average Bonchev–Trinajstić information content (AvgIpc) is 3.49. The molecule has 4 aliphatic heterocycles. The molecule has 1 unspecified atom stereocenters. The summed E-state index contributed by atoms with van der Waals surface area (Å²) < 4.78 is 70.7. The summed E-state index contributed by atoms with van der Waals surface area (Å²) in [5, 5.41) is 15.3. The van der Waals surface area contributed by atoms with Gasteiger partial charge in [0, 0.05) is 64.6 Å². The van der Waals surface area contributed by atoms with Crippen LogP contribution >= 0.6 is 0 Å². The number of likely N-dealkylation sites (tertiary alicyclic amines) is 1. The second kappa shape index (κ2) is 16.6. The number of benzene rings is 2. The van der Waals surface area contributed by atoms with Crippen molar-refractivity contribution in [2.45, 2.75) is 80.4 Å². The zero-order chi connectivity index (χ0) is 42.3. The van der Waals surface area contributed by atoms with E-state index < -0.39 is 33.7 Å². The van der Waals surface area contributed by atoms with Gasteiger partial charge < -0.3 is 15.1 Å². The van der Waals surface area contributed by atoms with E-state index in [1.54, 1.807) is 23.7 Å². The number of amides is 2. The number of alkyl halides is 3. The summed E-state index contributed by atoms with van der Waals surface area (Å²) in [5.41, 5.74) is 2.42. The summed E-state index contributed by atoms with van der Waals surface area (Å²) in [4.78, 5) is 49.8. The molecule has 0 radical (unpaired) electrons. The van der Waals surface area contributed by atoms with Crippen LogP contribution in [-0.4, -0.2) is 100 Å². The van der Waals surface area contributed by atoms with E-state index in [-0.39, 0.29) is 48.0 Å². The lowest BCUT2D eigenvalue weighted by atomic mass is 9.88. The molecule has 4 aliphatic rings. The summed E-state index contributed by atoms with van der Waals surface area (Å²) >= 11 is 0. The van der Waals surface area contributed by atoms with Gasteiger partial charge in [-0.25, -0.2) is 23.2 Å². The first-order valence-electron chi connectivity index (χ1n) is 20.4. The zero-order valence-electron chi connectivity index (χ0n) is 33.2. The first kappa shape index (κ1) is 41.4. The van der Waals surface area contributed by atoms with Crippen LogP contribution in [0.1, 0.15) is 80.0 Å². The molecule has 0 bridgehead atoms. The molecule has 4 saturated heterocycles. The van der Waals surface area contributed by atoms with E-state index in [9.17, 15) is 41.2 Å². The van der Waals surface area contributed by atoms with Crippen LogP contribution in [0.25, 0.3) is 11.0 Å². The number of aromatic nitrogens is 4. The molecule has 8 rings (SSSR count). The van der Waals surface area contributed by atoms with Gasteiger partial charge >= 0.3 is 11.9 Å². The molecular weight excluding hydrogens is 802 g/mol. The summed E-state index contributed by atoms with van der Waals surface area (Å²) in [6.45, 7) is 4.63. The Morgan fingerprint density at radius 3 is 2.23 bits per heavy atom. The number of carbonyl (C=O) groups excluding carboxylic acids is 2. The number of nitriles is 1. The molecule has 2 aromatic heterocycles. The maximum Gasteiger partial charge on any atom is 0.419 e. The van der Waals surface area contributed by atoms with Crippen LogP contribution in [-0.2, 0) is 32.8 Å². The first-order valence-corrected chi connectivity index (χ1v) is 21.9. The Balaban J connectivity index is 0.835. The number of nitrogens with zero attached hydrogens (tertiary/aromatic N) is 8. The van der Waals surface area contributed by atoms with Crippen LogP contribution in [0.4, 0.5) is 24.8 Å². The predicted molar refractivity (Wildman–Crippen MR) is 216 cm³/mol. The highest BCUT2D eigenvalue weighted by molar-refractivity contribution is 7.89. The van der Waals surface area contributed by atoms with Crippen molar-refractivity contribution in [2.75, 3.05) is 56.0 Å². The van der Waals surface area contributed by atoms with Gasteiger partial charge in [-0.1, -0.05) is 6.07 Å². The van der Waals surface area contributed by atoms with E-state index in [1.165, 1.54) is 14.9 Å². The topological polar surface area (TPSA) is 179 Å². The molecule has 15 nitrogen and oxygen atoms in total. The third-order valence-electron chi connectivity index (χ3n) is 12.7. The van der Waals surface area contributed by atoms with Crippen molar-refractivity contribution in [3.8, 4) is 6.07 Å². The highest BCUT2D eigenvalue weighted by Gasteiger charge is 2.35. The predicted octanol–water partition coefficient (Wildman–Crippen LogP) is 4.36. The Morgan fingerprint density at radius 2 is 1.58 bits per heavy atom. The lowest BCUT2D eigenvalue weighted by molar-refractivity contribution is -0.138.